The van der Waals surface area contributed by atoms with Crippen molar-refractivity contribution in [3.05, 3.63) is 82.1 Å². The van der Waals surface area contributed by atoms with E-state index in [0.29, 0.717) is 35.8 Å². The third-order valence-electron chi connectivity index (χ3n) is 5.71. The smallest absolute Gasteiger partial charge is 0.416 e. The van der Waals surface area contributed by atoms with Crippen LogP contribution in [0.4, 0.5) is 28.9 Å². The van der Waals surface area contributed by atoms with Gasteiger partial charge in [0.2, 0.25) is 0 Å². The van der Waals surface area contributed by atoms with Crippen molar-refractivity contribution in [3.8, 4) is 11.5 Å². The van der Waals surface area contributed by atoms with Gasteiger partial charge in [0, 0.05) is 28.8 Å². The molecule has 7 nitrogen and oxygen atoms in total. The summed E-state index contributed by atoms with van der Waals surface area (Å²) in [5, 5.41) is 8.92. The average Bonchev–Trinajstić information content (AvgIpc) is 2.87. The summed E-state index contributed by atoms with van der Waals surface area (Å²) >= 11 is 3.32. The highest BCUT2D eigenvalue weighted by atomic mass is 79.9. The standard InChI is InChI=1S/C26H21BrF4N2O5/c27-18-4-6-20(7-5-18)33(25(36)16-12-17(26(29,30)31)14-19(28)13-16)9-8-32-10-11-37-24-21(32)2-1-3-22(24)38-15-23(34)35/h1-7,12-14H,8-11,15H2,(H,34,35). The molecule has 0 radical (unpaired) electrons. The Bertz CT molecular complexity index is 1330. The fourth-order valence-electron chi connectivity index (χ4n) is 3.98. The van der Waals surface area contributed by atoms with Crippen LogP contribution >= 0.6 is 15.9 Å². The first kappa shape index (κ1) is 27.2. The van der Waals surface area contributed by atoms with Crippen molar-refractivity contribution in [2.75, 3.05) is 42.6 Å². The van der Waals surface area contributed by atoms with E-state index in [1.807, 2.05) is 4.90 Å². The molecule has 1 N–H and O–H groups in total. The number of carbonyl (C=O) groups excluding carboxylic acids is 1. The molecule has 4 rings (SSSR count). The predicted octanol–water partition coefficient (Wildman–Crippen LogP) is 5.62. The Morgan fingerprint density at radius 2 is 1.84 bits per heavy atom. The molecule has 12 heteroatoms. The Labute approximate surface area is 223 Å². The second kappa shape index (κ2) is 11.3. The number of ether oxygens (including phenoxy) is 2. The van der Waals surface area contributed by atoms with Crippen molar-refractivity contribution in [1.82, 2.24) is 0 Å². The molecule has 0 saturated heterocycles. The average molecular weight is 597 g/mol. The quantitative estimate of drug-likeness (QED) is 0.340. The third-order valence-corrected chi connectivity index (χ3v) is 6.24. The molecule has 0 unspecified atom stereocenters. The maximum Gasteiger partial charge on any atom is 0.416 e. The minimum atomic E-state index is -4.82. The van der Waals surface area contributed by atoms with Crippen LogP contribution in [0.5, 0.6) is 11.5 Å². The number of carboxylic acids is 1. The lowest BCUT2D eigenvalue weighted by atomic mass is 10.1. The molecule has 0 aromatic heterocycles. The Hall–Kier alpha value is -3.80. The fourth-order valence-corrected chi connectivity index (χ4v) is 4.25. The Morgan fingerprint density at radius 3 is 2.53 bits per heavy atom. The summed E-state index contributed by atoms with van der Waals surface area (Å²) < 4.78 is 65.7. The van der Waals surface area contributed by atoms with E-state index in [0.717, 1.165) is 10.5 Å². The Kier molecular flexibility index (Phi) is 8.10. The molecule has 1 amide bonds. The molecular weight excluding hydrogens is 576 g/mol. The van der Waals surface area contributed by atoms with Crippen molar-refractivity contribution >= 4 is 39.2 Å². The molecule has 0 spiro atoms. The van der Waals surface area contributed by atoms with Gasteiger partial charge in [-0.25, -0.2) is 9.18 Å². The highest BCUT2D eigenvalue weighted by molar-refractivity contribution is 9.10. The number of anilines is 2. The lowest BCUT2D eigenvalue weighted by Gasteiger charge is -2.34. The highest BCUT2D eigenvalue weighted by Gasteiger charge is 2.33. The van der Waals surface area contributed by atoms with Crippen LogP contribution in [-0.2, 0) is 11.0 Å². The molecule has 38 heavy (non-hydrogen) atoms. The number of alkyl halides is 3. The number of hydrogen-bond acceptors (Lipinski definition) is 5. The molecule has 0 aliphatic carbocycles. The molecule has 0 fully saturated rings. The summed E-state index contributed by atoms with van der Waals surface area (Å²) in [5.41, 5.74) is -0.685. The molecule has 200 valence electrons. The molecule has 1 aliphatic heterocycles. The van der Waals surface area contributed by atoms with Crippen LogP contribution in [-0.4, -0.2) is 49.8 Å². The Morgan fingerprint density at radius 1 is 1.11 bits per heavy atom. The number of fused-ring (bicyclic) bond motifs is 1. The number of halogens is 5. The van der Waals surface area contributed by atoms with Gasteiger partial charge >= 0.3 is 12.1 Å². The second-order valence-corrected chi connectivity index (χ2v) is 9.20. The molecular formula is C26H21BrF4N2O5. The number of carbonyl (C=O) groups is 2. The molecule has 3 aromatic rings. The van der Waals surface area contributed by atoms with Crippen LogP contribution in [0.1, 0.15) is 15.9 Å². The highest BCUT2D eigenvalue weighted by Crippen LogP contribution is 2.40. The van der Waals surface area contributed by atoms with Gasteiger partial charge in [0.15, 0.2) is 18.1 Å². The number of carboxylic acid groups (broad SMARTS) is 1. The lowest BCUT2D eigenvalue weighted by Crippen LogP contribution is -2.42. The van der Waals surface area contributed by atoms with Crippen LogP contribution in [0, 0.1) is 5.82 Å². The molecule has 0 bridgehead atoms. The van der Waals surface area contributed by atoms with Gasteiger partial charge < -0.3 is 24.4 Å². The number of hydrogen-bond donors (Lipinski definition) is 1. The minimum Gasteiger partial charge on any atom is -0.486 e. The van der Waals surface area contributed by atoms with Gasteiger partial charge in [-0.15, -0.1) is 0 Å². The molecule has 0 saturated carbocycles. The first-order valence-electron chi connectivity index (χ1n) is 11.3. The zero-order chi connectivity index (χ0) is 27.4. The normalized spacial score (nSPS) is 12.9. The summed E-state index contributed by atoms with van der Waals surface area (Å²) in [6, 6.07) is 13.3. The van der Waals surface area contributed by atoms with Crippen LogP contribution in [0.2, 0.25) is 0 Å². The van der Waals surface area contributed by atoms with E-state index in [1.165, 1.54) is 4.90 Å². The zero-order valence-electron chi connectivity index (χ0n) is 19.7. The maximum atomic E-state index is 14.1. The largest absolute Gasteiger partial charge is 0.486 e. The van der Waals surface area contributed by atoms with E-state index in [1.54, 1.807) is 42.5 Å². The van der Waals surface area contributed by atoms with E-state index < -0.39 is 41.6 Å². The van der Waals surface area contributed by atoms with Crippen molar-refractivity contribution in [3.63, 3.8) is 0 Å². The summed E-state index contributed by atoms with van der Waals surface area (Å²) in [6.45, 7) is 0.403. The number of amides is 1. The van der Waals surface area contributed by atoms with Gasteiger partial charge in [0.1, 0.15) is 12.4 Å². The monoisotopic (exact) mass is 596 g/mol. The number of rotatable bonds is 8. The summed E-state index contributed by atoms with van der Waals surface area (Å²) in [7, 11) is 0. The fraction of sp³-hybridized carbons (Fsp3) is 0.231. The predicted molar refractivity (Wildman–Crippen MR) is 135 cm³/mol. The van der Waals surface area contributed by atoms with Gasteiger partial charge in [-0.2, -0.15) is 13.2 Å². The van der Waals surface area contributed by atoms with Crippen LogP contribution in [0.15, 0.2) is 65.1 Å². The van der Waals surface area contributed by atoms with Gasteiger partial charge in [0.25, 0.3) is 5.91 Å². The van der Waals surface area contributed by atoms with Crippen molar-refractivity contribution in [2.45, 2.75) is 6.18 Å². The molecule has 0 atom stereocenters. The van der Waals surface area contributed by atoms with Crippen molar-refractivity contribution < 1.29 is 41.7 Å². The lowest BCUT2D eigenvalue weighted by molar-refractivity contribution is -0.139. The first-order valence-corrected chi connectivity index (χ1v) is 12.1. The Balaban J connectivity index is 1.63. The zero-order valence-corrected chi connectivity index (χ0v) is 21.3. The van der Waals surface area contributed by atoms with Gasteiger partial charge in [-0.1, -0.05) is 22.0 Å². The first-order chi connectivity index (χ1) is 18.0. The van der Waals surface area contributed by atoms with E-state index in [4.69, 9.17) is 14.6 Å². The van der Waals surface area contributed by atoms with Crippen LogP contribution in [0.25, 0.3) is 0 Å². The van der Waals surface area contributed by atoms with Crippen molar-refractivity contribution in [2.24, 2.45) is 0 Å². The van der Waals surface area contributed by atoms with E-state index in [2.05, 4.69) is 15.9 Å². The third kappa shape index (κ3) is 6.36. The van der Waals surface area contributed by atoms with Gasteiger partial charge in [-0.3, -0.25) is 4.79 Å². The summed E-state index contributed by atoms with van der Waals surface area (Å²) in [4.78, 5) is 27.5. The van der Waals surface area contributed by atoms with Crippen molar-refractivity contribution in [1.29, 1.82) is 0 Å². The minimum absolute atomic E-state index is 0.0397. The van der Waals surface area contributed by atoms with Crippen LogP contribution < -0.4 is 19.3 Å². The molecule has 1 heterocycles. The second-order valence-electron chi connectivity index (χ2n) is 8.28. The summed E-state index contributed by atoms with van der Waals surface area (Å²) in [5.74, 6) is -2.53. The van der Waals surface area contributed by atoms with E-state index in [-0.39, 0.29) is 25.4 Å². The SMILES string of the molecule is O=C(O)COc1cccc2c1OCCN2CCN(C(=O)c1cc(F)cc(C(F)(F)F)c1)c1ccc(Br)cc1. The number of para-hydroxylation sites is 1. The maximum absolute atomic E-state index is 14.1. The van der Waals surface area contributed by atoms with Gasteiger partial charge in [-0.05, 0) is 54.6 Å². The number of benzene rings is 3. The van der Waals surface area contributed by atoms with Crippen LogP contribution in [0.3, 0.4) is 0 Å². The summed E-state index contributed by atoms with van der Waals surface area (Å²) in [6.07, 6.45) is -4.82. The topological polar surface area (TPSA) is 79.3 Å². The number of aliphatic carboxylic acids is 1. The van der Waals surface area contributed by atoms with E-state index in [9.17, 15) is 27.2 Å². The van der Waals surface area contributed by atoms with E-state index >= 15 is 0 Å². The molecule has 1 aliphatic rings. The van der Waals surface area contributed by atoms with Gasteiger partial charge in [0.05, 0.1) is 17.8 Å². The molecule has 3 aromatic carbocycles. The number of nitrogens with zero attached hydrogens (tertiary/aromatic N) is 2.